The summed E-state index contributed by atoms with van der Waals surface area (Å²) in [7, 11) is 0. The minimum absolute atomic E-state index is 0.121. The second kappa shape index (κ2) is 9.02. The van der Waals surface area contributed by atoms with Gasteiger partial charge in [0, 0.05) is 19.2 Å². The van der Waals surface area contributed by atoms with Gasteiger partial charge in [-0.15, -0.1) is 0 Å². The quantitative estimate of drug-likeness (QED) is 0.636. The van der Waals surface area contributed by atoms with E-state index in [0.29, 0.717) is 35.9 Å². The second-order valence-electron chi connectivity index (χ2n) is 6.96. The van der Waals surface area contributed by atoms with Crippen molar-refractivity contribution in [2.45, 2.75) is 39.8 Å². The van der Waals surface area contributed by atoms with Crippen LogP contribution in [-0.2, 0) is 6.54 Å². The maximum atomic E-state index is 14.0. The number of nitrogens with zero attached hydrogens (tertiary/aromatic N) is 3. The first kappa shape index (κ1) is 21.4. The van der Waals surface area contributed by atoms with Crippen molar-refractivity contribution in [1.29, 1.82) is 0 Å². The Hall–Kier alpha value is -3.29. The summed E-state index contributed by atoms with van der Waals surface area (Å²) in [6.07, 6.45) is 0.721. The lowest BCUT2D eigenvalue weighted by molar-refractivity contribution is 0.192. The standard InChI is InChI=1S/C22H24F2N4O2/c1-4-12-28-20(25-18-9-7-6-8-16(18)21(28)29)14(3)27(5-2)22(30)26-19-11-10-15(23)13-17(19)24/h6-11,13-14H,4-5,12H2,1-3H3,(H,26,30). The molecule has 0 bridgehead atoms. The summed E-state index contributed by atoms with van der Waals surface area (Å²) in [6, 6.07) is 8.90. The first-order chi connectivity index (χ1) is 14.4. The number of carbonyl (C=O) groups excluding carboxylic acids is 1. The molecule has 1 aromatic heterocycles. The number of halogens is 2. The van der Waals surface area contributed by atoms with Crippen molar-refractivity contribution in [3.8, 4) is 0 Å². The van der Waals surface area contributed by atoms with E-state index in [4.69, 9.17) is 0 Å². The van der Waals surface area contributed by atoms with Crippen LogP contribution in [0.15, 0.2) is 47.3 Å². The number of anilines is 1. The van der Waals surface area contributed by atoms with Crippen molar-refractivity contribution in [2.24, 2.45) is 0 Å². The van der Waals surface area contributed by atoms with E-state index >= 15 is 0 Å². The smallest absolute Gasteiger partial charge is 0.315 e. The molecule has 3 rings (SSSR count). The molecular weight excluding hydrogens is 390 g/mol. The Balaban J connectivity index is 1.99. The molecule has 0 spiro atoms. The molecule has 158 valence electrons. The molecule has 1 heterocycles. The summed E-state index contributed by atoms with van der Waals surface area (Å²) in [5.74, 6) is -1.13. The number of urea groups is 1. The normalized spacial score (nSPS) is 12.0. The van der Waals surface area contributed by atoms with Gasteiger partial charge in [0.1, 0.15) is 17.5 Å². The number of nitrogens with one attached hydrogen (secondary N) is 1. The molecule has 8 heteroatoms. The van der Waals surface area contributed by atoms with Crippen molar-refractivity contribution in [3.05, 3.63) is 70.3 Å². The molecule has 2 aromatic carbocycles. The van der Waals surface area contributed by atoms with E-state index in [1.165, 1.54) is 11.0 Å². The van der Waals surface area contributed by atoms with Crippen LogP contribution in [0, 0.1) is 11.6 Å². The van der Waals surface area contributed by atoms with Gasteiger partial charge in [0.05, 0.1) is 22.6 Å². The maximum Gasteiger partial charge on any atom is 0.322 e. The van der Waals surface area contributed by atoms with Crippen LogP contribution in [0.5, 0.6) is 0 Å². The van der Waals surface area contributed by atoms with E-state index in [1.54, 1.807) is 42.7 Å². The first-order valence-corrected chi connectivity index (χ1v) is 9.89. The number of benzene rings is 2. The Morgan fingerprint density at radius 1 is 1.20 bits per heavy atom. The lowest BCUT2D eigenvalue weighted by Crippen LogP contribution is -2.40. The molecule has 0 aliphatic carbocycles. The number of carbonyl (C=O) groups is 1. The molecule has 0 saturated heterocycles. The average molecular weight is 414 g/mol. The Kier molecular flexibility index (Phi) is 6.44. The van der Waals surface area contributed by atoms with Gasteiger partial charge in [0.25, 0.3) is 5.56 Å². The van der Waals surface area contributed by atoms with Gasteiger partial charge >= 0.3 is 6.03 Å². The van der Waals surface area contributed by atoms with Crippen molar-refractivity contribution >= 4 is 22.6 Å². The van der Waals surface area contributed by atoms with E-state index < -0.39 is 23.7 Å². The monoisotopic (exact) mass is 414 g/mol. The molecule has 0 aliphatic rings. The highest BCUT2D eigenvalue weighted by molar-refractivity contribution is 5.89. The zero-order valence-corrected chi connectivity index (χ0v) is 17.2. The van der Waals surface area contributed by atoms with E-state index in [1.807, 2.05) is 6.92 Å². The van der Waals surface area contributed by atoms with Gasteiger partial charge in [-0.05, 0) is 44.5 Å². The van der Waals surface area contributed by atoms with E-state index in [2.05, 4.69) is 10.3 Å². The van der Waals surface area contributed by atoms with E-state index in [9.17, 15) is 18.4 Å². The summed E-state index contributed by atoms with van der Waals surface area (Å²) in [6.45, 7) is 6.26. The molecule has 1 N–H and O–H groups in total. The number of fused-ring (bicyclic) bond motifs is 1. The highest BCUT2D eigenvalue weighted by Crippen LogP contribution is 2.22. The van der Waals surface area contributed by atoms with Gasteiger partial charge in [-0.25, -0.2) is 18.6 Å². The third-order valence-corrected chi connectivity index (χ3v) is 4.95. The first-order valence-electron chi connectivity index (χ1n) is 9.89. The van der Waals surface area contributed by atoms with Gasteiger partial charge in [-0.2, -0.15) is 0 Å². The van der Waals surface area contributed by atoms with Crippen molar-refractivity contribution in [1.82, 2.24) is 14.5 Å². The molecule has 0 aliphatic heterocycles. The summed E-state index contributed by atoms with van der Waals surface area (Å²) in [5, 5.41) is 2.99. The third kappa shape index (κ3) is 4.17. The molecule has 0 saturated carbocycles. The Morgan fingerprint density at radius 3 is 2.60 bits per heavy atom. The Bertz CT molecular complexity index is 1130. The fraction of sp³-hybridized carbons (Fsp3) is 0.318. The lowest BCUT2D eigenvalue weighted by atomic mass is 10.2. The van der Waals surface area contributed by atoms with E-state index in [0.717, 1.165) is 12.5 Å². The fourth-order valence-electron chi connectivity index (χ4n) is 3.45. The largest absolute Gasteiger partial charge is 0.322 e. The van der Waals surface area contributed by atoms with Gasteiger partial charge in [0.2, 0.25) is 0 Å². The zero-order valence-electron chi connectivity index (χ0n) is 17.2. The van der Waals surface area contributed by atoms with Crippen LogP contribution >= 0.6 is 0 Å². The molecule has 1 atom stereocenters. The fourth-order valence-corrected chi connectivity index (χ4v) is 3.45. The highest BCUT2D eigenvalue weighted by Gasteiger charge is 2.25. The van der Waals surface area contributed by atoms with Gasteiger partial charge in [-0.1, -0.05) is 19.1 Å². The molecule has 30 heavy (non-hydrogen) atoms. The molecule has 0 fully saturated rings. The Labute approximate surface area is 173 Å². The molecule has 2 amide bonds. The van der Waals surface area contributed by atoms with Crippen LogP contribution in [-0.4, -0.2) is 27.0 Å². The SMILES string of the molecule is CCCn1c(C(C)N(CC)C(=O)Nc2ccc(F)cc2F)nc2ccccc2c1=O. The van der Waals surface area contributed by atoms with Crippen LogP contribution in [0.25, 0.3) is 10.9 Å². The summed E-state index contributed by atoms with van der Waals surface area (Å²) in [4.78, 5) is 32.0. The highest BCUT2D eigenvalue weighted by atomic mass is 19.1. The predicted molar refractivity (Wildman–Crippen MR) is 112 cm³/mol. The van der Waals surface area contributed by atoms with Gasteiger partial charge < -0.3 is 10.2 Å². The predicted octanol–water partition coefficient (Wildman–Crippen LogP) is 4.70. The summed E-state index contributed by atoms with van der Waals surface area (Å²) >= 11 is 0. The van der Waals surface area contributed by atoms with Crippen molar-refractivity contribution in [3.63, 3.8) is 0 Å². The average Bonchev–Trinajstić information content (AvgIpc) is 2.72. The number of amides is 2. The Morgan fingerprint density at radius 2 is 1.93 bits per heavy atom. The summed E-state index contributed by atoms with van der Waals surface area (Å²) < 4.78 is 28.7. The second-order valence-corrected chi connectivity index (χ2v) is 6.96. The lowest BCUT2D eigenvalue weighted by Gasteiger charge is -2.29. The molecule has 0 radical (unpaired) electrons. The van der Waals surface area contributed by atoms with Crippen LogP contribution in [0.1, 0.15) is 39.1 Å². The number of para-hydroxylation sites is 1. The van der Waals surface area contributed by atoms with Crippen molar-refractivity contribution < 1.29 is 13.6 Å². The zero-order chi connectivity index (χ0) is 21.8. The topological polar surface area (TPSA) is 67.2 Å². The number of aromatic nitrogens is 2. The number of hydrogen-bond acceptors (Lipinski definition) is 3. The van der Waals surface area contributed by atoms with Crippen molar-refractivity contribution in [2.75, 3.05) is 11.9 Å². The minimum atomic E-state index is -0.862. The maximum absolute atomic E-state index is 14.0. The van der Waals surface area contributed by atoms with Gasteiger partial charge in [-0.3, -0.25) is 9.36 Å². The number of hydrogen-bond donors (Lipinski definition) is 1. The number of rotatable bonds is 6. The molecular formula is C22H24F2N4O2. The van der Waals surface area contributed by atoms with Gasteiger partial charge in [0.15, 0.2) is 0 Å². The minimum Gasteiger partial charge on any atom is -0.315 e. The third-order valence-electron chi connectivity index (χ3n) is 4.95. The molecule has 3 aromatic rings. The van der Waals surface area contributed by atoms with E-state index in [-0.39, 0.29) is 11.2 Å². The molecule has 1 unspecified atom stereocenters. The summed E-state index contributed by atoms with van der Waals surface area (Å²) in [5.41, 5.74) is 0.271. The van der Waals surface area contributed by atoms with Crippen LogP contribution < -0.4 is 10.9 Å². The van der Waals surface area contributed by atoms with Crippen LogP contribution in [0.2, 0.25) is 0 Å². The van der Waals surface area contributed by atoms with Crippen LogP contribution in [0.3, 0.4) is 0 Å². The molecule has 6 nitrogen and oxygen atoms in total. The van der Waals surface area contributed by atoms with Crippen LogP contribution in [0.4, 0.5) is 19.3 Å².